The van der Waals surface area contributed by atoms with Crippen molar-refractivity contribution in [2.75, 3.05) is 26.2 Å². The standard InChI is InChI=1S/C12H20N2O4/c1-9-8-13(5-3-7-18-9)12(17)14-6-2-4-10(14)11(15)16/h9-10H,2-8H2,1H3,(H,15,16). The molecule has 0 bridgehead atoms. The molecule has 2 aliphatic heterocycles. The molecule has 0 aromatic rings. The molecule has 102 valence electrons. The van der Waals surface area contributed by atoms with Crippen molar-refractivity contribution >= 4 is 12.0 Å². The monoisotopic (exact) mass is 256 g/mol. The van der Waals surface area contributed by atoms with Crippen molar-refractivity contribution in [2.24, 2.45) is 0 Å². The van der Waals surface area contributed by atoms with Crippen LogP contribution in [0.2, 0.25) is 0 Å². The van der Waals surface area contributed by atoms with Crippen molar-refractivity contribution in [1.82, 2.24) is 9.80 Å². The number of rotatable bonds is 1. The molecule has 0 radical (unpaired) electrons. The summed E-state index contributed by atoms with van der Waals surface area (Å²) in [6.07, 6.45) is 2.15. The highest BCUT2D eigenvalue weighted by atomic mass is 16.5. The first-order valence-corrected chi connectivity index (χ1v) is 6.49. The lowest BCUT2D eigenvalue weighted by Crippen LogP contribution is -2.49. The predicted octanol–water partition coefficient (Wildman–Crippen LogP) is 0.766. The minimum absolute atomic E-state index is 0.0160. The van der Waals surface area contributed by atoms with E-state index in [2.05, 4.69) is 0 Å². The van der Waals surface area contributed by atoms with Gasteiger partial charge in [-0.3, -0.25) is 0 Å². The highest BCUT2D eigenvalue weighted by molar-refractivity contribution is 5.83. The van der Waals surface area contributed by atoms with Gasteiger partial charge in [-0.25, -0.2) is 9.59 Å². The Balaban J connectivity index is 2.03. The van der Waals surface area contributed by atoms with Gasteiger partial charge in [0, 0.05) is 26.2 Å². The van der Waals surface area contributed by atoms with E-state index in [0.29, 0.717) is 32.7 Å². The zero-order chi connectivity index (χ0) is 13.1. The summed E-state index contributed by atoms with van der Waals surface area (Å²) in [4.78, 5) is 26.6. The summed E-state index contributed by atoms with van der Waals surface area (Å²) in [5.74, 6) is -0.903. The van der Waals surface area contributed by atoms with Crippen LogP contribution in [0.5, 0.6) is 0 Å². The molecule has 0 aromatic carbocycles. The first kappa shape index (κ1) is 13.1. The summed E-state index contributed by atoms with van der Waals surface area (Å²) in [6.45, 7) is 4.33. The van der Waals surface area contributed by atoms with E-state index in [1.807, 2.05) is 6.92 Å². The maximum Gasteiger partial charge on any atom is 0.326 e. The average molecular weight is 256 g/mol. The number of urea groups is 1. The first-order chi connectivity index (χ1) is 8.59. The molecule has 6 nitrogen and oxygen atoms in total. The molecule has 2 heterocycles. The molecule has 0 saturated carbocycles. The van der Waals surface area contributed by atoms with E-state index >= 15 is 0 Å². The van der Waals surface area contributed by atoms with Gasteiger partial charge >= 0.3 is 12.0 Å². The molecule has 2 atom stereocenters. The van der Waals surface area contributed by atoms with Gasteiger partial charge in [0.05, 0.1) is 6.10 Å². The van der Waals surface area contributed by atoms with Gasteiger partial charge in [-0.05, 0) is 26.2 Å². The average Bonchev–Trinajstić information content (AvgIpc) is 2.72. The minimum Gasteiger partial charge on any atom is -0.480 e. The van der Waals surface area contributed by atoms with Crippen LogP contribution in [-0.4, -0.2) is 65.3 Å². The van der Waals surface area contributed by atoms with Gasteiger partial charge in [0.25, 0.3) is 0 Å². The number of nitrogens with zero attached hydrogens (tertiary/aromatic N) is 2. The minimum atomic E-state index is -0.903. The Morgan fingerprint density at radius 1 is 1.28 bits per heavy atom. The summed E-state index contributed by atoms with van der Waals surface area (Å²) in [6, 6.07) is -0.811. The Morgan fingerprint density at radius 2 is 2.06 bits per heavy atom. The Labute approximate surface area is 106 Å². The Morgan fingerprint density at radius 3 is 2.78 bits per heavy atom. The van der Waals surface area contributed by atoms with Gasteiger partial charge in [0.2, 0.25) is 0 Å². The summed E-state index contributed by atoms with van der Waals surface area (Å²) < 4.78 is 5.49. The van der Waals surface area contributed by atoms with Crippen LogP contribution >= 0.6 is 0 Å². The van der Waals surface area contributed by atoms with E-state index in [-0.39, 0.29) is 12.1 Å². The lowest BCUT2D eigenvalue weighted by Gasteiger charge is -2.30. The predicted molar refractivity (Wildman–Crippen MR) is 64.4 cm³/mol. The molecule has 18 heavy (non-hydrogen) atoms. The molecule has 2 saturated heterocycles. The first-order valence-electron chi connectivity index (χ1n) is 6.49. The van der Waals surface area contributed by atoms with Crippen LogP contribution in [0, 0.1) is 0 Å². The molecule has 0 aliphatic carbocycles. The SMILES string of the molecule is CC1CN(C(=O)N2CCCC2C(=O)O)CCCO1. The largest absolute Gasteiger partial charge is 0.480 e. The number of hydrogen-bond acceptors (Lipinski definition) is 3. The van der Waals surface area contributed by atoms with Crippen LogP contribution in [-0.2, 0) is 9.53 Å². The number of likely N-dealkylation sites (tertiary alicyclic amines) is 1. The van der Waals surface area contributed by atoms with E-state index in [4.69, 9.17) is 9.84 Å². The second kappa shape index (κ2) is 5.56. The second-order valence-corrected chi connectivity index (χ2v) is 4.95. The number of carboxylic acids is 1. The molecule has 2 unspecified atom stereocenters. The van der Waals surface area contributed by atoms with E-state index in [9.17, 15) is 9.59 Å². The van der Waals surface area contributed by atoms with E-state index in [0.717, 1.165) is 12.8 Å². The number of amides is 2. The Hall–Kier alpha value is -1.30. The van der Waals surface area contributed by atoms with Crippen molar-refractivity contribution < 1.29 is 19.4 Å². The topological polar surface area (TPSA) is 70.1 Å². The Kier molecular flexibility index (Phi) is 4.06. The van der Waals surface area contributed by atoms with E-state index < -0.39 is 12.0 Å². The lowest BCUT2D eigenvalue weighted by molar-refractivity contribution is -0.141. The van der Waals surface area contributed by atoms with Crippen molar-refractivity contribution in [1.29, 1.82) is 0 Å². The smallest absolute Gasteiger partial charge is 0.326 e. The number of carboxylic acid groups (broad SMARTS) is 1. The maximum absolute atomic E-state index is 12.3. The van der Waals surface area contributed by atoms with Crippen LogP contribution in [0.25, 0.3) is 0 Å². The summed E-state index contributed by atoms with van der Waals surface area (Å²) >= 11 is 0. The second-order valence-electron chi connectivity index (χ2n) is 4.95. The normalized spacial score (nSPS) is 29.2. The van der Waals surface area contributed by atoms with E-state index in [1.54, 1.807) is 4.90 Å². The summed E-state index contributed by atoms with van der Waals surface area (Å²) in [7, 11) is 0. The third-order valence-corrected chi connectivity index (χ3v) is 3.51. The molecule has 2 fully saturated rings. The third kappa shape index (κ3) is 2.75. The van der Waals surface area contributed by atoms with Crippen LogP contribution in [0.1, 0.15) is 26.2 Å². The van der Waals surface area contributed by atoms with Crippen LogP contribution in [0.3, 0.4) is 0 Å². The van der Waals surface area contributed by atoms with Gasteiger partial charge in [-0.2, -0.15) is 0 Å². The quantitative estimate of drug-likeness (QED) is 0.752. The molecule has 0 spiro atoms. The number of ether oxygens (including phenoxy) is 1. The molecule has 2 rings (SSSR count). The zero-order valence-corrected chi connectivity index (χ0v) is 10.7. The van der Waals surface area contributed by atoms with Crippen LogP contribution in [0.4, 0.5) is 4.79 Å². The molecule has 2 aliphatic rings. The molecular formula is C12H20N2O4. The number of hydrogen-bond donors (Lipinski definition) is 1. The van der Waals surface area contributed by atoms with Gasteiger partial charge in [0.1, 0.15) is 6.04 Å². The van der Waals surface area contributed by atoms with Crippen molar-refractivity contribution in [2.45, 2.75) is 38.3 Å². The highest BCUT2D eigenvalue weighted by Crippen LogP contribution is 2.20. The number of carbonyl (C=O) groups is 2. The fraction of sp³-hybridized carbons (Fsp3) is 0.833. The zero-order valence-electron chi connectivity index (χ0n) is 10.7. The van der Waals surface area contributed by atoms with Crippen LogP contribution < -0.4 is 0 Å². The lowest BCUT2D eigenvalue weighted by atomic mass is 10.2. The summed E-state index contributed by atoms with van der Waals surface area (Å²) in [5.41, 5.74) is 0. The molecule has 2 amide bonds. The molecule has 1 N–H and O–H groups in total. The summed E-state index contributed by atoms with van der Waals surface area (Å²) in [5, 5.41) is 9.10. The maximum atomic E-state index is 12.3. The van der Waals surface area contributed by atoms with Gasteiger partial charge < -0.3 is 19.6 Å². The molecule has 0 aromatic heterocycles. The van der Waals surface area contributed by atoms with Crippen molar-refractivity contribution in [3.05, 3.63) is 0 Å². The van der Waals surface area contributed by atoms with Gasteiger partial charge in [-0.15, -0.1) is 0 Å². The van der Waals surface area contributed by atoms with Crippen molar-refractivity contribution in [3.63, 3.8) is 0 Å². The molecular weight excluding hydrogens is 236 g/mol. The fourth-order valence-electron chi connectivity index (χ4n) is 2.60. The van der Waals surface area contributed by atoms with Crippen LogP contribution in [0.15, 0.2) is 0 Å². The molecule has 6 heteroatoms. The number of carbonyl (C=O) groups excluding carboxylic acids is 1. The van der Waals surface area contributed by atoms with Crippen molar-refractivity contribution in [3.8, 4) is 0 Å². The van der Waals surface area contributed by atoms with Gasteiger partial charge in [0.15, 0.2) is 0 Å². The van der Waals surface area contributed by atoms with Gasteiger partial charge in [-0.1, -0.05) is 0 Å². The number of aliphatic carboxylic acids is 1. The highest BCUT2D eigenvalue weighted by Gasteiger charge is 2.36. The Bertz CT molecular complexity index is 334. The van der Waals surface area contributed by atoms with E-state index in [1.165, 1.54) is 4.90 Å². The third-order valence-electron chi connectivity index (χ3n) is 3.51. The fourth-order valence-corrected chi connectivity index (χ4v) is 2.60.